The summed E-state index contributed by atoms with van der Waals surface area (Å²) >= 11 is 0. The van der Waals surface area contributed by atoms with Crippen molar-refractivity contribution in [1.82, 2.24) is 4.90 Å². The summed E-state index contributed by atoms with van der Waals surface area (Å²) in [5, 5.41) is 19.2. The Balaban J connectivity index is 2.08. The van der Waals surface area contributed by atoms with E-state index in [4.69, 9.17) is 5.26 Å². The van der Waals surface area contributed by atoms with Crippen molar-refractivity contribution >= 4 is 5.91 Å². The van der Waals surface area contributed by atoms with Gasteiger partial charge in [0.1, 0.15) is 0 Å². The van der Waals surface area contributed by atoms with Crippen LogP contribution in [0.25, 0.3) is 0 Å². The van der Waals surface area contributed by atoms with Gasteiger partial charge in [0, 0.05) is 19.2 Å². The Morgan fingerprint density at radius 1 is 1.47 bits per heavy atom. The first-order chi connectivity index (χ1) is 9.04. The topological polar surface area (TPSA) is 64.3 Å². The molecule has 0 aliphatic heterocycles. The van der Waals surface area contributed by atoms with Gasteiger partial charge in [-0.15, -0.1) is 0 Å². The molecule has 1 saturated carbocycles. The highest BCUT2D eigenvalue weighted by Crippen LogP contribution is 2.30. The van der Waals surface area contributed by atoms with Gasteiger partial charge in [-0.3, -0.25) is 4.79 Å². The molecule has 0 bridgehead atoms. The molecule has 100 valence electrons. The van der Waals surface area contributed by atoms with Crippen molar-refractivity contribution in [1.29, 1.82) is 5.26 Å². The van der Waals surface area contributed by atoms with Crippen LogP contribution in [0, 0.1) is 11.3 Å². The van der Waals surface area contributed by atoms with E-state index in [0.29, 0.717) is 17.7 Å². The van der Waals surface area contributed by atoms with Crippen LogP contribution in [0.1, 0.15) is 41.6 Å². The Morgan fingerprint density at radius 3 is 2.79 bits per heavy atom. The summed E-state index contributed by atoms with van der Waals surface area (Å²) < 4.78 is 0. The highest BCUT2D eigenvalue weighted by atomic mass is 16.3. The number of carbonyl (C=O) groups excluding carboxylic acids is 1. The minimum atomic E-state index is -0.739. The van der Waals surface area contributed by atoms with E-state index in [9.17, 15) is 9.90 Å². The normalized spacial score (nSPS) is 16.9. The first-order valence-electron chi connectivity index (χ1n) is 6.52. The van der Waals surface area contributed by atoms with Gasteiger partial charge in [-0.25, -0.2) is 0 Å². The standard InChI is InChI=1S/C15H18N2O2/c1-17(11-15(19)7-2-3-8-15)14(18)13-6-4-5-12(9-13)10-16/h4-6,9,19H,2-3,7-8,11H2,1H3. The summed E-state index contributed by atoms with van der Waals surface area (Å²) in [6, 6.07) is 8.66. The number of nitriles is 1. The van der Waals surface area contributed by atoms with Crippen molar-refractivity contribution in [3.63, 3.8) is 0 Å². The Hall–Kier alpha value is -1.86. The van der Waals surface area contributed by atoms with Crippen molar-refractivity contribution in [2.75, 3.05) is 13.6 Å². The third kappa shape index (κ3) is 3.12. The van der Waals surface area contributed by atoms with Crippen LogP contribution < -0.4 is 0 Å². The van der Waals surface area contributed by atoms with E-state index < -0.39 is 5.60 Å². The lowest BCUT2D eigenvalue weighted by atomic mass is 10.0. The number of amides is 1. The number of benzene rings is 1. The summed E-state index contributed by atoms with van der Waals surface area (Å²) in [4.78, 5) is 13.8. The minimum Gasteiger partial charge on any atom is -0.388 e. The van der Waals surface area contributed by atoms with E-state index >= 15 is 0 Å². The molecule has 1 N–H and O–H groups in total. The van der Waals surface area contributed by atoms with E-state index in [-0.39, 0.29) is 5.91 Å². The molecule has 0 aromatic heterocycles. The van der Waals surface area contributed by atoms with Crippen LogP contribution in [0.5, 0.6) is 0 Å². The number of rotatable bonds is 3. The zero-order chi connectivity index (χ0) is 13.9. The Kier molecular flexibility index (Phi) is 3.87. The summed E-state index contributed by atoms with van der Waals surface area (Å²) in [6.45, 7) is 0.350. The Labute approximate surface area is 113 Å². The third-order valence-corrected chi connectivity index (χ3v) is 3.65. The summed E-state index contributed by atoms with van der Waals surface area (Å²) in [5.74, 6) is -0.155. The number of hydrogen-bond acceptors (Lipinski definition) is 3. The van der Waals surface area contributed by atoms with Crippen LogP contribution in [-0.2, 0) is 0 Å². The van der Waals surface area contributed by atoms with Gasteiger partial charge in [-0.05, 0) is 31.0 Å². The smallest absolute Gasteiger partial charge is 0.253 e. The largest absolute Gasteiger partial charge is 0.388 e. The first kappa shape index (κ1) is 13.6. The summed E-state index contributed by atoms with van der Waals surface area (Å²) in [7, 11) is 1.69. The fraction of sp³-hybridized carbons (Fsp3) is 0.467. The maximum atomic E-state index is 12.2. The van der Waals surface area contributed by atoms with Crippen molar-refractivity contribution in [2.24, 2.45) is 0 Å². The molecule has 0 spiro atoms. The molecule has 1 fully saturated rings. The summed E-state index contributed by atoms with van der Waals surface area (Å²) in [6.07, 6.45) is 3.54. The monoisotopic (exact) mass is 258 g/mol. The van der Waals surface area contributed by atoms with Crippen molar-refractivity contribution in [3.8, 4) is 6.07 Å². The molecule has 4 heteroatoms. The first-order valence-corrected chi connectivity index (χ1v) is 6.52. The average molecular weight is 258 g/mol. The molecule has 1 aromatic rings. The SMILES string of the molecule is CN(CC1(O)CCCC1)C(=O)c1cccc(C#N)c1. The lowest BCUT2D eigenvalue weighted by molar-refractivity contribution is 0.0157. The Morgan fingerprint density at radius 2 is 2.16 bits per heavy atom. The maximum Gasteiger partial charge on any atom is 0.253 e. The molecule has 0 unspecified atom stereocenters. The zero-order valence-electron chi connectivity index (χ0n) is 11.1. The van der Waals surface area contributed by atoms with Crippen molar-refractivity contribution in [3.05, 3.63) is 35.4 Å². The van der Waals surface area contributed by atoms with Crippen LogP contribution in [0.3, 0.4) is 0 Å². The van der Waals surface area contributed by atoms with Gasteiger partial charge >= 0.3 is 0 Å². The molecule has 1 aromatic carbocycles. The number of carbonyl (C=O) groups is 1. The third-order valence-electron chi connectivity index (χ3n) is 3.65. The van der Waals surface area contributed by atoms with Gasteiger partial charge in [-0.1, -0.05) is 18.9 Å². The maximum absolute atomic E-state index is 12.2. The molecule has 1 aliphatic rings. The van der Waals surface area contributed by atoms with Gasteiger partial charge in [0.2, 0.25) is 0 Å². The lowest BCUT2D eigenvalue weighted by Crippen LogP contribution is -2.42. The van der Waals surface area contributed by atoms with Gasteiger partial charge in [0.05, 0.1) is 17.2 Å². The van der Waals surface area contributed by atoms with Gasteiger partial charge in [0.25, 0.3) is 5.91 Å². The van der Waals surface area contributed by atoms with Crippen LogP contribution in [0.4, 0.5) is 0 Å². The molecular weight excluding hydrogens is 240 g/mol. The minimum absolute atomic E-state index is 0.155. The zero-order valence-corrected chi connectivity index (χ0v) is 11.1. The van der Waals surface area contributed by atoms with Crippen molar-refractivity contribution in [2.45, 2.75) is 31.3 Å². The second-order valence-electron chi connectivity index (χ2n) is 5.29. The van der Waals surface area contributed by atoms with Crippen LogP contribution >= 0.6 is 0 Å². The highest BCUT2D eigenvalue weighted by molar-refractivity contribution is 5.94. The molecule has 0 radical (unpaired) electrons. The van der Waals surface area contributed by atoms with E-state index in [1.54, 1.807) is 36.2 Å². The molecule has 0 atom stereocenters. The second kappa shape index (κ2) is 5.41. The van der Waals surface area contributed by atoms with Gasteiger partial charge < -0.3 is 10.0 Å². The number of aliphatic hydroxyl groups is 1. The van der Waals surface area contributed by atoms with E-state index in [0.717, 1.165) is 25.7 Å². The molecule has 1 aliphatic carbocycles. The van der Waals surface area contributed by atoms with Crippen LogP contribution in [0.15, 0.2) is 24.3 Å². The molecule has 19 heavy (non-hydrogen) atoms. The van der Waals surface area contributed by atoms with Gasteiger partial charge in [0.15, 0.2) is 0 Å². The fourth-order valence-electron chi connectivity index (χ4n) is 2.65. The lowest BCUT2D eigenvalue weighted by Gasteiger charge is -2.28. The quantitative estimate of drug-likeness (QED) is 0.901. The molecular formula is C15H18N2O2. The number of nitrogens with zero attached hydrogens (tertiary/aromatic N) is 2. The van der Waals surface area contributed by atoms with Crippen molar-refractivity contribution < 1.29 is 9.90 Å². The number of hydrogen-bond donors (Lipinski definition) is 1. The fourth-order valence-corrected chi connectivity index (χ4v) is 2.65. The molecule has 2 rings (SSSR count). The molecule has 0 heterocycles. The van der Waals surface area contributed by atoms with E-state index in [2.05, 4.69) is 0 Å². The average Bonchev–Trinajstić information content (AvgIpc) is 2.84. The molecule has 4 nitrogen and oxygen atoms in total. The van der Waals surface area contributed by atoms with Crippen LogP contribution in [-0.4, -0.2) is 35.1 Å². The molecule has 1 amide bonds. The predicted octanol–water partition coefficient (Wildman–Crippen LogP) is 1.94. The van der Waals surface area contributed by atoms with E-state index in [1.807, 2.05) is 6.07 Å². The van der Waals surface area contributed by atoms with E-state index in [1.165, 1.54) is 0 Å². The highest BCUT2D eigenvalue weighted by Gasteiger charge is 2.33. The number of likely N-dealkylation sites (N-methyl/N-ethyl adjacent to an activating group) is 1. The predicted molar refractivity (Wildman–Crippen MR) is 71.5 cm³/mol. The van der Waals surface area contributed by atoms with Gasteiger partial charge in [-0.2, -0.15) is 5.26 Å². The summed E-state index contributed by atoms with van der Waals surface area (Å²) in [5.41, 5.74) is 0.221. The Bertz CT molecular complexity index is 513. The van der Waals surface area contributed by atoms with Crippen LogP contribution in [0.2, 0.25) is 0 Å². The second-order valence-corrected chi connectivity index (χ2v) is 5.29. The molecule has 0 saturated heterocycles.